The smallest absolute Gasteiger partial charge is 0.317 e. The molecule has 3 N–H and O–H groups in total. The Morgan fingerprint density at radius 2 is 1.36 bits per heavy atom. The number of likely N-dealkylation sites (tertiary alicyclic amines) is 2. The van der Waals surface area contributed by atoms with E-state index in [1.165, 1.54) is 44.9 Å². The maximum absolute atomic E-state index is 13.1. The number of nitrogens with one attached hydrogen (secondary N) is 1. The molecule has 4 saturated carbocycles. The summed E-state index contributed by atoms with van der Waals surface area (Å²) in [6.07, 6.45) is 12.6. The van der Waals surface area contributed by atoms with Gasteiger partial charge in [-0.25, -0.2) is 4.79 Å². The van der Waals surface area contributed by atoms with Crippen LogP contribution in [0.4, 0.5) is 4.79 Å². The quantitative estimate of drug-likeness (QED) is 0.780. The predicted octanol–water partition coefficient (Wildman–Crippen LogP) is 2.47. The summed E-state index contributed by atoms with van der Waals surface area (Å²) in [5.41, 5.74) is 5.40. The number of hydrogen-bond donors (Lipinski definition) is 2. The van der Waals surface area contributed by atoms with E-state index in [1.54, 1.807) is 0 Å². The first kappa shape index (κ1) is 18.7. The fraction of sp³-hybridized carbons (Fsp3) is 0.909. The summed E-state index contributed by atoms with van der Waals surface area (Å²) >= 11 is 0. The topological polar surface area (TPSA) is 78.7 Å². The molecule has 6 aliphatic rings. The maximum atomic E-state index is 13.1. The molecule has 3 amide bonds. The molecule has 6 rings (SSSR count). The predicted molar refractivity (Wildman–Crippen MR) is 108 cm³/mol. The molecule has 4 aliphatic carbocycles. The number of amides is 3. The molecule has 0 radical (unpaired) electrons. The lowest BCUT2D eigenvalue weighted by atomic mass is 9.53. The van der Waals surface area contributed by atoms with Gasteiger partial charge in [0.1, 0.15) is 5.54 Å². The van der Waals surface area contributed by atoms with Crippen LogP contribution in [0.1, 0.15) is 70.6 Å². The number of primary amides is 1. The minimum atomic E-state index is -0.544. The van der Waals surface area contributed by atoms with Gasteiger partial charge in [0.2, 0.25) is 5.91 Å². The highest BCUT2D eigenvalue weighted by Gasteiger charge is 2.52. The Balaban J connectivity index is 1.23. The van der Waals surface area contributed by atoms with Gasteiger partial charge in [0, 0.05) is 18.6 Å². The molecule has 0 aromatic rings. The molecule has 0 spiro atoms. The normalized spacial score (nSPS) is 39.7. The third-order valence-corrected chi connectivity index (χ3v) is 8.71. The average molecular weight is 389 g/mol. The van der Waals surface area contributed by atoms with Crippen LogP contribution in [0.3, 0.4) is 0 Å². The van der Waals surface area contributed by atoms with Gasteiger partial charge in [-0.3, -0.25) is 9.69 Å². The van der Waals surface area contributed by atoms with Gasteiger partial charge < -0.3 is 16.0 Å². The fourth-order valence-electron chi connectivity index (χ4n) is 7.69. The highest BCUT2D eigenvalue weighted by atomic mass is 16.2. The Bertz CT molecular complexity index is 599. The van der Waals surface area contributed by atoms with Gasteiger partial charge in [-0.2, -0.15) is 0 Å². The monoisotopic (exact) mass is 388 g/mol. The van der Waals surface area contributed by atoms with E-state index in [0.29, 0.717) is 25.9 Å². The maximum Gasteiger partial charge on any atom is 0.317 e. The Labute approximate surface area is 168 Å². The Morgan fingerprint density at radius 3 is 1.86 bits per heavy atom. The standard InChI is InChI=1S/C22H36N4O2/c23-19(27)22(26-6-2-1-3-7-26)4-8-25(9-5-22)20(28)24-21-13-16-10-17(14-21)12-18(11-16)15-21/h16-18H,1-15H2,(H2,23,27)(H,24,28). The lowest BCUT2D eigenvalue weighted by Gasteiger charge is -2.57. The van der Waals surface area contributed by atoms with Crippen molar-refractivity contribution in [2.45, 2.75) is 81.7 Å². The van der Waals surface area contributed by atoms with E-state index in [0.717, 1.165) is 43.7 Å². The highest BCUT2D eigenvalue weighted by molar-refractivity contribution is 5.85. The number of hydrogen-bond acceptors (Lipinski definition) is 3. The first-order valence-electron chi connectivity index (χ1n) is 11.6. The van der Waals surface area contributed by atoms with Gasteiger partial charge >= 0.3 is 6.03 Å². The molecule has 6 fully saturated rings. The minimum absolute atomic E-state index is 0.0525. The number of carbonyl (C=O) groups excluding carboxylic acids is 2. The van der Waals surface area contributed by atoms with Crippen molar-refractivity contribution in [3.05, 3.63) is 0 Å². The van der Waals surface area contributed by atoms with E-state index < -0.39 is 5.54 Å². The van der Waals surface area contributed by atoms with Gasteiger partial charge in [-0.05, 0) is 95.1 Å². The van der Waals surface area contributed by atoms with Gasteiger partial charge in [0.05, 0.1) is 0 Å². The second kappa shape index (κ2) is 6.89. The van der Waals surface area contributed by atoms with Crippen molar-refractivity contribution in [3.63, 3.8) is 0 Å². The first-order chi connectivity index (χ1) is 13.5. The molecule has 6 heteroatoms. The average Bonchev–Trinajstić information content (AvgIpc) is 2.67. The van der Waals surface area contributed by atoms with Crippen LogP contribution < -0.4 is 11.1 Å². The van der Waals surface area contributed by atoms with Gasteiger partial charge in [0.25, 0.3) is 0 Å². The highest BCUT2D eigenvalue weighted by Crippen LogP contribution is 2.55. The molecule has 2 heterocycles. The number of nitrogens with zero attached hydrogens (tertiary/aromatic N) is 2. The first-order valence-corrected chi connectivity index (χ1v) is 11.6. The Hall–Kier alpha value is -1.30. The number of piperidine rings is 2. The SMILES string of the molecule is NC(=O)C1(N2CCCCC2)CCN(C(=O)NC23CC4CC(CC(C4)C2)C3)CC1. The van der Waals surface area contributed by atoms with Crippen LogP contribution in [-0.4, -0.2) is 59.0 Å². The largest absolute Gasteiger partial charge is 0.368 e. The van der Waals surface area contributed by atoms with Crippen molar-refractivity contribution >= 4 is 11.9 Å². The molecule has 0 aromatic heterocycles. The minimum Gasteiger partial charge on any atom is -0.368 e. The van der Waals surface area contributed by atoms with E-state index in [9.17, 15) is 9.59 Å². The van der Waals surface area contributed by atoms with Crippen molar-refractivity contribution in [1.29, 1.82) is 0 Å². The van der Waals surface area contributed by atoms with Crippen molar-refractivity contribution in [2.75, 3.05) is 26.2 Å². The number of rotatable bonds is 3. The molecule has 4 bridgehead atoms. The lowest BCUT2D eigenvalue weighted by molar-refractivity contribution is -0.134. The van der Waals surface area contributed by atoms with Gasteiger partial charge in [0.15, 0.2) is 0 Å². The molecule has 0 atom stereocenters. The van der Waals surface area contributed by atoms with E-state index in [2.05, 4.69) is 10.2 Å². The van der Waals surface area contributed by atoms with Gasteiger partial charge in [-0.1, -0.05) is 6.42 Å². The van der Waals surface area contributed by atoms with Crippen LogP contribution >= 0.6 is 0 Å². The van der Waals surface area contributed by atoms with Crippen molar-refractivity contribution in [1.82, 2.24) is 15.1 Å². The molecule has 2 saturated heterocycles. The summed E-state index contributed by atoms with van der Waals surface area (Å²) in [5.74, 6) is 2.29. The number of carbonyl (C=O) groups is 2. The molecule has 6 nitrogen and oxygen atoms in total. The van der Waals surface area contributed by atoms with E-state index >= 15 is 0 Å². The van der Waals surface area contributed by atoms with E-state index in [4.69, 9.17) is 5.73 Å². The zero-order valence-corrected chi connectivity index (χ0v) is 17.1. The Kier molecular flexibility index (Phi) is 4.61. The molecule has 156 valence electrons. The molecule has 28 heavy (non-hydrogen) atoms. The molecular weight excluding hydrogens is 352 g/mol. The second-order valence-electron chi connectivity index (χ2n) is 10.6. The molecular formula is C22H36N4O2. The van der Waals surface area contributed by atoms with Crippen LogP contribution in [0, 0.1) is 17.8 Å². The second-order valence-corrected chi connectivity index (χ2v) is 10.6. The third kappa shape index (κ3) is 3.12. The van der Waals surface area contributed by atoms with E-state index in [-0.39, 0.29) is 17.5 Å². The summed E-state index contributed by atoms with van der Waals surface area (Å²) in [6.45, 7) is 3.19. The molecule has 0 unspecified atom stereocenters. The molecule has 0 aromatic carbocycles. The lowest BCUT2D eigenvalue weighted by Crippen LogP contribution is -2.66. The van der Waals surface area contributed by atoms with Crippen molar-refractivity contribution in [2.24, 2.45) is 23.5 Å². The summed E-state index contributed by atoms with van der Waals surface area (Å²) in [6, 6.07) is 0.0960. The number of nitrogens with two attached hydrogens (primary N) is 1. The van der Waals surface area contributed by atoms with Crippen molar-refractivity contribution < 1.29 is 9.59 Å². The fourth-order valence-corrected chi connectivity index (χ4v) is 7.69. The summed E-state index contributed by atoms with van der Waals surface area (Å²) in [5, 5.41) is 3.49. The summed E-state index contributed by atoms with van der Waals surface area (Å²) < 4.78 is 0. The Morgan fingerprint density at radius 1 is 0.821 bits per heavy atom. The molecule has 2 aliphatic heterocycles. The third-order valence-electron chi connectivity index (χ3n) is 8.71. The summed E-state index contributed by atoms with van der Waals surface area (Å²) in [7, 11) is 0. The van der Waals surface area contributed by atoms with Crippen LogP contribution in [0.2, 0.25) is 0 Å². The van der Waals surface area contributed by atoms with Gasteiger partial charge in [-0.15, -0.1) is 0 Å². The zero-order chi connectivity index (χ0) is 19.4. The number of urea groups is 1. The van der Waals surface area contributed by atoms with Crippen molar-refractivity contribution in [3.8, 4) is 0 Å². The van der Waals surface area contributed by atoms with E-state index in [1.807, 2.05) is 4.90 Å². The van der Waals surface area contributed by atoms with Crippen LogP contribution in [0.5, 0.6) is 0 Å². The zero-order valence-electron chi connectivity index (χ0n) is 17.1. The van der Waals surface area contributed by atoms with Crippen LogP contribution in [0.25, 0.3) is 0 Å². The summed E-state index contributed by atoms with van der Waals surface area (Å²) in [4.78, 5) is 29.8. The van der Waals surface area contributed by atoms with Crippen LogP contribution in [-0.2, 0) is 4.79 Å². The van der Waals surface area contributed by atoms with Crippen LogP contribution in [0.15, 0.2) is 0 Å².